The van der Waals surface area contributed by atoms with Gasteiger partial charge in [0.2, 0.25) is 5.88 Å². The van der Waals surface area contributed by atoms with E-state index in [1.807, 2.05) is 0 Å². The number of H-pyrrole nitrogens is 1. The van der Waals surface area contributed by atoms with E-state index < -0.39 is 0 Å². The van der Waals surface area contributed by atoms with Crippen LogP contribution in [0.15, 0.2) is 18.5 Å². The van der Waals surface area contributed by atoms with Crippen LogP contribution in [-0.2, 0) is 0 Å². The second kappa shape index (κ2) is 3.90. The Labute approximate surface area is 91.2 Å². The minimum absolute atomic E-state index is 0.0506. The molecule has 0 radical (unpaired) electrons. The topological polar surface area (TPSA) is 55.0 Å². The summed E-state index contributed by atoms with van der Waals surface area (Å²) in [6, 6.07) is 1.78. The highest BCUT2D eigenvalue weighted by Gasteiger charge is 2.15. The van der Waals surface area contributed by atoms with Gasteiger partial charge in [-0.25, -0.2) is 4.98 Å². The van der Waals surface area contributed by atoms with Crippen LogP contribution >= 0.6 is 11.6 Å². The smallest absolute Gasteiger partial charge is 0.223 e. The Morgan fingerprint density at radius 1 is 1.67 bits per heavy atom. The number of ether oxygens (including phenoxy) is 1. The van der Waals surface area contributed by atoms with Gasteiger partial charge in [0, 0.05) is 18.0 Å². The third-order valence-electron chi connectivity index (χ3n) is 2.17. The predicted molar refractivity (Wildman–Crippen MR) is 57.7 cm³/mol. The molecule has 0 aliphatic rings. The number of methoxy groups -OCH3 is 1. The van der Waals surface area contributed by atoms with Gasteiger partial charge in [-0.1, -0.05) is 0 Å². The second-order valence-corrected chi connectivity index (χ2v) is 3.27. The van der Waals surface area contributed by atoms with Crippen LogP contribution in [0.4, 0.5) is 0 Å². The number of halogens is 1. The maximum absolute atomic E-state index is 11.5. The normalized spacial score (nSPS) is 10.5. The molecule has 2 rings (SSSR count). The Balaban J connectivity index is 2.71. The number of rotatable bonds is 3. The molecule has 0 saturated carbocycles. The lowest BCUT2D eigenvalue weighted by Gasteiger charge is -2.01. The number of pyridine rings is 1. The van der Waals surface area contributed by atoms with Crippen LogP contribution < -0.4 is 4.74 Å². The number of Topliss-reactive ketones (excluding diaryl/α,β-unsaturated/α-hetero) is 1. The molecule has 0 bridgehead atoms. The van der Waals surface area contributed by atoms with Gasteiger partial charge < -0.3 is 9.72 Å². The summed E-state index contributed by atoms with van der Waals surface area (Å²) in [5.74, 6) is 0.238. The monoisotopic (exact) mass is 224 g/mol. The van der Waals surface area contributed by atoms with Crippen LogP contribution in [0.25, 0.3) is 10.9 Å². The standard InChI is InChI=1S/C10H9ClN2O2/c1-15-10-9-6(8(14)4-11)5-13-7(9)2-3-12-10/h2-3,5,13H,4H2,1H3. The first kappa shape index (κ1) is 9.98. The number of nitrogens with one attached hydrogen (secondary N) is 1. The predicted octanol–water partition coefficient (Wildman–Crippen LogP) is 1.99. The Bertz CT molecular complexity index is 507. The SMILES string of the molecule is COc1nccc2[nH]cc(C(=O)CCl)c12. The van der Waals surface area contributed by atoms with E-state index in [1.54, 1.807) is 18.5 Å². The van der Waals surface area contributed by atoms with Crippen molar-refractivity contribution in [3.8, 4) is 5.88 Å². The van der Waals surface area contributed by atoms with E-state index >= 15 is 0 Å². The summed E-state index contributed by atoms with van der Waals surface area (Å²) in [6.07, 6.45) is 3.24. The molecule has 15 heavy (non-hydrogen) atoms. The Kier molecular flexibility index (Phi) is 2.60. The summed E-state index contributed by atoms with van der Waals surface area (Å²) >= 11 is 5.51. The Morgan fingerprint density at radius 2 is 2.47 bits per heavy atom. The number of hydrogen-bond donors (Lipinski definition) is 1. The van der Waals surface area contributed by atoms with Gasteiger partial charge in [0.05, 0.1) is 23.9 Å². The van der Waals surface area contributed by atoms with Crippen LogP contribution in [0, 0.1) is 0 Å². The lowest BCUT2D eigenvalue weighted by Crippen LogP contribution is -2.00. The third-order valence-corrected chi connectivity index (χ3v) is 2.42. The number of carbonyl (C=O) groups excluding carboxylic acids is 1. The first-order valence-electron chi connectivity index (χ1n) is 4.37. The van der Waals surface area contributed by atoms with Crippen LogP contribution in [0.3, 0.4) is 0 Å². The van der Waals surface area contributed by atoms with Crippen molar-refractivity contribution in [3.63, 3.8) is 0 Å². The van der Waals surface area contributed by atoms with Crippen molar-refractivity contribution in [1.29, 1.82) is 0 Å². The number of aromatic amines is 1. The highest BCUT2D eigenvalue weighted by Crippen LogP contribution is 2.26. The molecule has 0 fully saturated rings. The molecule has 1 N–H and O–H groups in total. The molecular formula is C10H9ClN2O2. The molecule has 0 spiro atoms. The average Bonchev–Trinajstić information content (AvgIpc) is 2.71. The van der Waals surface area contributed by atoms with Crippen molar-refractivity contribution in [2.75, 3.05) is 13.0 Å². The minimum Gasteiger partial charge on any atom is -0.480 e. The average molecular weight is 225 g/mol. The largest absolute Gasteiger partial charge is 0.480 e. The van der Waals surface area contributed by atoms with Gasteiger partial charge in [0.1, 0.15) is 0 Å². The van der Waals surface area contributed by atoms with E-state index in [-0.39, 0.29) is 11.7 Å². The summed E-state index contributed by atoms with van der Waals surface area (Å²) in [5, 5.41) is 0.686. The van der Waals surface area contributed by atoms with Gasteiger partial charge in [-0.2, -0.15) is 0 Å². The summed E-state index contributed by atoms with van der Waals surface area (Å²) < 4.78 is 5.09. The molecule has 2 aromatic rings. The van der Waals surface area contributed by atoms with Crippen molar-refractivity contribution < 1.29 is 9.53 Å². The highest BCUT2D eigenvalue weighted by molar-refractivity contribution is 6.32. The number of hydrogen-bond acceptors (Lipinski definition) is 3. The zero-order chi connectivity index (χ0) is 10.8. The maximum Gasteiger partial charge on any atom is 0.223 e. The molecule has 0 aliphatic carbocycles. The number of ketones is 1. The molecule has 0 amide bonds. The van der Waals surface area contributed by atoms with Crippen LogP contribution in [0.1, 0.15) is 10.4 Å². The summed E-state index contributed by atoms with van der Waals surface area (Å²) in [4.78, 5) is 18.5. The third kappa shape index (κ3) is 1.57. The van der Waals surface area contributed by atoms with Gasteiger partial charge in [-0.05, 0) is 6.07 Å². The quantitative estimate of drug-likeness (QED) is 0.641. The molecule has 4 nitrogen and oxygen atoms in total. The summed E-state index contributed by atoms with van der Waals surface area (Å²) in [7, 11) is 1.52. The van der Waals surface area contributed by atoms with Crippen LogP contribution in [-0.4, -0.2) is 28.7 Å². The van der Waals surface area contributed by atoms with E-state index in [4.69, 9.17) is 16.3 Å². The number of aromatic nitrogens is 2. The number of fused-ring (bicyclic) bond motifs is 1. The molecule has 0 saturated heterocycles. The lowest BCUT2D eigenvalue weighted by molar-refractivity contribution is 0.102. The summed E-state index contributed by atoms with van der Waals surface area (Å²) in [6.45, 7) is 0. The highest BCUT2D eigenvalue weighted by atomic mass is 35.5. The molecular weight excluding hydrogens is 216 g/mol. The van der Waals surface area contributed by atoms with Crippen LogP contribution in [0.5, 0.6) is 5.88 Å². The maximum atomic E-state index is 11.5. The van der Waals surface area contributed by atoms with Gasteiger partial charge in [-0.3, -0.25) is 4.79 Å². The van der Waals surface area contributed by atoms with Gasteiger partial charge in [0.25, 0.3) is 0 Å². The molecule has 5 heteroatoms. The Morgan fingerprint density at radius 3 is 3.13 bits per heavy atom. The van der Waals surface area contributed by atoms with E-state index in [9.17, 15) is 4.79 Å². The van der Waals surface area contributed by atoms with Gasteiger partial charge in [-0.15, -0.1) is 11.6 Å². The van der Waals surface area contributed by atoms with Crippen molar-refractivity contribution in [3.05, 3.63) is 24.0 Å². The van der Waals surface area contributed by atoms with Crippen LogP contribution in [0.2, 0.25) is 0 Å². The van der Waals surface area contributed by atoms with Crippen molar-refractivity contribution in [1.82, 2.24) is 9.97 Å². The van der Waals surface area contributed by atoms with Crippen molar-refractivity contribution in [2.24, 2.45) is 0 Å². The summed E-state index contributed by atoms with van der Waals surface area (Å²) in [5.41, 5.74) is 1.33. The number of carbonyl (C=O) groups is 1. The van der Waals surface area contributed by atoms with Crippen molar-refractivity contribution >= 4 is 28.3 Å². The molecule has 2 heterocycles. The Hall–Kier alpha value is -1.55. The zero-order valence-electron chi connectivity index (χ0n) is 8.08. The molecule has 78 valence electrons. The molecule has 2 aromatic heterocycles. The minimum atomic E-state index is -0.144. The second-order valence-electron chi connectivity index (χ2n) is 3.00. The fourth-order valence-corrected chi connectivity index (χ4v) is 1.64. The van der Waals surface area contributed by atoms with Gasteiger partial charge in [0.15, 0.2) is 5.78 Å². The van der Waals surface area contributed by atoms with E-state index in [0.717, 1.165) is 5.52 Å². The number of alkyl halides is 1. The van der Waals surface area contributed by atoms with E-state index in [0.29, 0.717) is 16.8 Å². The van der Waals surface area contributed by atoms with Crippen molar-refractivity contribution in [2.45, 2.75) is 0 Å². The first-order valence-corrected chi connectivity index (χ1v) is 4.90. The molecule has 0 unspecified atom stereocenters. The van der Waals surface area contributed by atoms with E-state index in [2.05, 4.69) is 9.97 Å². The van der Waals surface area contributed by atoms with Gasteiger partial charge >= 0.3 is 0 Å². The first-order chi connectivity index (χ1) is 7.27. The number of nitrogens with zero attached hydrogens (tertiary/aromatic N) is 1. The fraction of sp³-hybridized carbons (Fsp3) is 0.200. The molecule has 0 atom stereocenters. The molecule has 0 aromatic carbocycles. The zero-order valence-corrected chi connectivity index (χ0v) is 8.84. The lowest BCUT2D eigenvalue weighted by atomic mass is 10.1. The van der Waals surface area contributed by atoms with E-state index in [1.165, 1.54) is 7.11 Å². The fourth-order valence-electron chi connectivity index (χ4n) is 1.49. The molecule has 0 aliphatic heterocycles.